The molecule has 0 bridgehead atoms. The van der Waals surface area contributed by atoms with Gasteiger partial charge in [0, 0.05) is 28.9 Å². The molecule has 0 saturated carbocycles. The Morgan fingerprint density at radius 3 is 2.80 bits per heavy atom. The first-order valence-electron chi connectivity index (χ1n) is 4.62. The highest BCUT2D eigenvalue weighted by Crippen LogP contribution is 2.09. The lowest BCUT2D eigenvalue weighted by Gasteiger charge is -2.13. The third-order valence-electron chi connectivity index (χ3n) is 1.78. The van der Waals surface area contributed by atoms with Crippen molar-refractivity contribution in [2.24, 2.45) is 5.84 Å². The molecular formula is C9H16N4OS. The summed E-state index contributed by atoms with van der Waals surface area (Å²) in [6, 6.07) is 5.58. The van der Waals surface area contributed by atoms with E-state index in [0.29, 0.717) is 11.6 Å². The van der Waals surface area contributed by atoms with Gasteiger partial charge in [-0.3, -0.25) is 4.21 Å². The highest BCUT2D eigenvalue weighted by atomic mass is 32.2. The quantitative estimate of drug-likeness (QED) is 0.506. The molecule has 2 atom stereocenters. The number of aromatic nitrogens is 1. The Labute approximate surface area is 91.9 Å². The first kappa shape index (κ1) is 11.9. The van der Waals surface area contributed by atoms with Gasteiger partial charge in [-0.2, -0.15) is 0 Å². The zero-order chi connectivity index (χ0) is 11.3. The normalized spacial score (nSPS) is 14.3. The number of hydrazine groups is 1. The Morgan fingerprint density at radius 2 is 2.20 bits per heavy atom. The van der Waals surface area contributed by atoms with E-state index >= 15 is 0 Å². The van der Waals surface area contributed by atoms with Crippen molar-refractivity contribution >= 4 is 22.4 Å². The van der Waals surface area contributed by atoms with E-state index in [1.807, 2.05) is 19.1 Å². The molecule has 1 rings (SSSR count). The highest BCUT2D eigenvalue weighted by Gasteiger charge is 2.05. The Kier molecular flexibility index (Phi) is 4.51. The summed E-state index contributed by atoms with van der Waals surface area (Å²) in [7, 11) is -0.807. The van der Waals surface area contributed by atoms with Gasteiger partial charge < -0.3 is 10.7 Å². The van der Waals surface area contributed by atoms with Gasteiger partial charge in [-0.25, -0.2) is 10.8 Å². The van der Waals surface area contributed by atoms with Crippen molar-refractivity contribution in [3.63, 3.8) is 0 Å². The van der Waals surface area contributed by atoms with E-state index in [0.717, 1.165) is 5.82 Å². The minimum atomic E-state index is -0.807. The molecule has 5 nitrogen and oxygen atoms in total. The van der Waals surface area contributed by atoms with Crippen molar-refractivity contribution in [1.29, 1.82) is 0 Å². The number of hydrogen-bond acceptors (Lipinski definition) is 5. The number of nitrogens with zero attached hydrogens (tertiary/aromatic N) is 1. The lowest BCUT2D eigenvalue weighted by Crippen LogP contribution is -2.23. The summed E-state index contributed by atoms with van der Waals surface area (Å²) in [6.07, 6.45) is 1.68. The summed E-state index contributed by atoms with van der Waals surface area (Å²) in [4.78, 5) is 4.19. The van der Waals surface area contributed by atoms with E-state index < -0.39 is 10.8 Å². The minimum Gasteiger partial charge on any atom is -0.367 e. The smallest absolute Gasteiger partial charge is 0.142 e. The SMILES string of the molecule is CC(CS(C)=O)Nc1cccc(NN)n1. The first-order valence-corrected chi connectivity index (χ1v) is 6.34. The molecule has 1 aromatic rings. The molecule has 0 aliphatic rings. The van der Waals surface area contributed by atoms with Crippen LogP contribution in [0.3, 0.4) is 0 Å². The zero-order valence-electron chi connectivity index (χ0n) is 8.86. The molecule has 1 aromatic heterocycles. The van der Waals surface area contributed by atoms with Crippen LogP contribution in [0.15, 0.2) is 18.2 Å². The lowest BCUT2D eigenvalue weighted by atomic mass is 10.3. The molecule has 15 heavy (non-hydrogen) atoms. The average Bonchev–Trinajstić information content (AvgIpc) is 2.16. The summed E-state index contributed by atoms with van der Waals surface area (Å²) in [5.74, 6) is 7.17. The van der Waals surface area contributed by atoms with Crippen LogP contribution in [0.2, 0.25) is 0 Å². The molecule has 0 spiro atoms. The van der Waals surface area contributed by atoms with E-state index in [-0.39, 0.29) is 6.04 Å². The molecule has 2 unspecified atom stereocenters. The third-order valence-corrected chi connectivity index (χ3v) is 2.75. The predicted molar refractivity (Wildman–Crippen MR) is 64.1 cm³/mol. The van der Waals surface area contributed by atoms with Crippen molar-refractivity contribution in [2.45, 2.75) is 13.0 Å². The molecule has 0 aliphatic heterocycles. The molecule has 1 heterocycles. The second-order valence-corrected chi connectivity index (χ2v) is 4.82. The maximum atomic E-state index is 11.0. The van der Waals surface area contributed by atoms with E-state index in [2.05, 4.69) is 15.7 Å². The summed E-state index contributed by atoms with van der Waals surface area (Å²) in [5.41, 5.74) is 2.47. The summed E-state index contributed by atoms with van der Waals surface area (Å²) >= 11 is 0. The van der Waals surface area contributed by atoms with E-state index in [9.17, 15) is 4.21 Å². The van der Waals surface area contributed by atoms with Crippen molar-refractivity contribution in [3.05, 3.63) is 18.2 Å². The van der Waals surface area contributed by atoms with Crippen molar-refractivity contribution in [3.8, 4) is 0 Å². The van der Waals surface area contributed by atoms with Gasteiger partial charge in [-0.15, -0.1) is 0 Å². The van der Waals surface area contributed by atoms with Crippen LogP contribution in [0.5, 0.6) is 0 Å². The van der Waals surface area contributed by atoms with Crippen LogP contribution in [0.4, 0.5) is 11.6 Å². The lowest BCUT2D eigenvalue weighted by molar-refractivity contribution is 0.683. The van der Waals surface area contributed by atoms with Crippen molar-refractivity contribution in [2.75, 3.05) is 22.8 Å². The van der Waals surface area contributed by atoms with Gasteiger partial charge in [0.25, 0.3) is 0 Å². The molecule has 84 valence electrons. The largest absolute Gasteiger partial charge is 0.367 e. The Bertz CT molecular complexity index is 345. The molecule has 0 radical (unpaired) electrons. The average molecular weight is 228 g/mol. The topological polar surface area (TPSA) is 80.0 Å². The monoisotopic (exact) mass is 228 g/mol. The second kappa shape index (κ2) is 5.67. The van der Waals surface area contributed by atoms with Crippen LogP contribution in [0, 0.1) is 0 Å². The molecule has 0 saturated heterocycles. The second-order valence-electron chi connectivity index (χ2n) is 3.34. The Balaban J connectivity index is 2.59. The van der Waals surface area contributed by atoms with Gasteiger partial charge in [-0.1, -0.05) is 6.07 Å². The number of nitrogens with one attached hydrogen (secondary N) is 2. The van der Waals surface area contributed by atoms with Crippen LogP contribution in [0.25, 0.3) is 0 Å². The third kappa shape index (κ3) is 4.26. The molecule has 6 heteroatoms. The molecule has 0 aliphatic carbocycles. The Hall–Kier alpha value is -1.14. The fourth-order valence-corrected chi connectivity index (χ4v) is 2.03. The number of pyridine rings is 1. The van der Waals surface area contributed by atoms with E-state index in [1.165, 1.54) is 0 Å². The summed E-state index contributed by atoms with van der Waals surface area (Å²) < 4.78 is 11.0. The van der Waals surface area contributed by atoms with Crippen LogP contribution in [-0.2, 0) is 10.8 Å². The molecule has 0 aromatic carbocycles. The molecule has 0 amide bonds. The molecule has 0 fully saturated rings. The van der Waals surface area contributed by atoms with Gasteiger partial charge in [0.15, 0.2) is 0 Å². The van der Waals surface area contributed by atoms with Gasteiger partial charge in [-0.05, 0) is 19.1 Å². The van der Waals surface area contributed by atoms with Crippen molar-refractivity contribution in [1.82, 2.24) is 4.98 Å². The molecule has 4 N–H and O–H groups in total. The summed E-state index contributed by atoms with van der Waals surface area (Å²) in [6.45, 7) is 1.96. The van der Waals surface area contributed by atoms with Gasteiger partial charge in [0.05, 0.1) is 0 Å². The fraction of sp³-hybridized carbons (Fsp3) is 0.444. The molecular weight excluding hydrogens is 212 g/mol. The zero-order valence-corrected chi connectivity index (χ0v) is 9.67. The van der Waals surface area contributed by atoms with Crippen molar-refractivity contribution < 1.29 is 4.21 Å². The van der Waals surface area contributed by atoms with Gasteiger partial charge in [0.2, 0.25) is 0 Å². The van der Waals surface area contributed by atoms with Crippen LogP contribution < -0.4 is 16.6 Å². The standard InChI is InChI=1S/C9H16N4OS/c1-7(6-15(2)14)11-8-4-3-5-9(12-8)13-10/h3-5,7H,6,10H2,1-2H3,(H2,11,12,13). The number of anilines is 2. The maximum absolute atomic E-state index is 11.0. The summed E-state index contributed by atoms with van der Waals surface area (Å²) in [5, 5.41) is 3.15. The number of rotatable bonds is 5. The van der Waals surface area contributed by atoms with Gasteiger partial charge in [0.1, 0.15) is 11.6 Å². The minimum absolute atomic E-state index is 0.122. The number of nitrogens with two attached hydrogens (primary N) is 1. The number of nitrogen functional groups attached to an aromatic ring is 1. The van der Waals surface area contributed by atoms with E-state index in [1.54, 1.807) is 12.3 Å². The predicted octanol–water partition coefficient (Wildman–Crippen LogP) is 0.546. The van der Waals surface area contributed by atoms with Gasteiger partial charge >= 0.3 is 0 Å². The van der Waals surface area contributed by atoms with Crippen LogP contribution in [-0.4, -0.2) is 27.2 Å². The first-order chi connectivity index (χ1) is 7.11. The fourth-order valence-electron chi connectivity index (χ4n) is 1.24. The Morgan fingerprint density at radius 1 is 1.53 bits per heavy atom. The maximum Gasteiger partial charge on any atom is 0.142 e. The van der Waals surface area contributed by atoms with Crippen LogP contribution >= 0.6 is 0 Å². The number of hydrogen-bond donors (Lipinski definition) is 3. The highest BCUT2D eigenvalue weighted by molar-refractivity contribution is 7.84. The van der Waals surface area contributed by atoms with Crippen LogP contribution in [0.1, 0.15) is 6.92 Å². The van der Waals surface area contributed by atoms with E-state index in [4.69, 9.17) is 5.84 Å².